The Hall–Kier alpha value is -1.10. The van der Waals surface area contributed by atoms with Gasteiger partial charge in [-0.3, -0.25) is 9.59 Å². The van der Waals surface area contributed by atoms with Crippen LogP contribution in [0.25, 0.3) is 0 Å². The van der Waals surface area contributed by atoms with Gasteiger partial charge in [0.15, 0.2) is 0 Å². The summed E-state index contributed by atoms with van der Waals surface area (Å²) in [7, 11) is 0. The van der Waals surface area contributed by atoms with Crippen LogP contribution in [0.4, 0.5) is 0 Å². The van der Waals surface area contributed by atoms with Crippen molar-refractivity contribution in [2.75, 3.05) is 13.2 Å². The maximum atomic E-state index is 12.5. The van der Waals surface area contributed by atoms with Crippen molar-refractivity contribution >= 4 is 11.8 Å². The average Bonchev–Trinajstić information content (AvgIpc) is 2.90. The first-order chi connectivity index (χ1) is 9.52. The SMILES string of the molecule is CCC1NC(=O)C(CC(C)C)N(CC2CCCO2)C1=O. The number of ether oxygens (including phenoxy) is 1. The monoisotopic (exact) mass is 282 g/mol. The highest BCUT2D eigenvalue weighted by Gasteiger charge is 2.41. The number of nitrogens with zero attached hydrogens (tertiary/aromatic N) is 1. The van der Waals surface area contributed by atoms with E-state index >= 15 is 0 Å². The predicted molar refractivity (Wildman–Crippen MR) is 76.2 cm³/mol. The standard InChI is InChI=1S/C15H26N2O3/c1-4-12-15(19)17(9-11-6-5-7-20-11)13(8-10(2)3)14(18)16-12/h10-13H,4-9H2,1-3H3,(H,16,18). The van der Waals surface area contributed by atoms with Crippen LogP contribution in [0.3, 0.4) is 0 Å². The van der Waals surface area contributed by atoms with Crippen molar-refractivity contribution in [2.24, 2.45) is 5.92 Å². The molecule has 2 fully saturated rings. The van der Waals surface area contributed by atoms with E-state index in [1.807, 2.05) is 6.92 Å². The fourth-order valence-electron chi connectivity index (χ4n) is 3.01. The number of amides is 2. The largest absolute Gasteiger partial charge is 0.376 e. The zero-order valence-electron chi connectivity index (χ0n) is 12.7. The second kappa shape index (κ2) is 6.57. The molecule has 0 aromatic carbocycles. The number of carbonyl (C=O) groups excluding carboxylic acids is 2. The third-order valence-electron chi connectivity index (χ3n) is 4.10. The minimum Gasteiger partial charge on any atom is -0.376 e. The maximum absolute atomic E-state index is 12.5. The summed E-state index contributed by atoms with van der Waals surface area (Å²) in [5, 5.41) is 2.86. The number of nitrogens with one attached hydrogen (secondary N) is 1. The van der Waals surface area contributed by atoms with Gasteiger partial charge in [0.05, 0.1) is 6.10 Å². The molecule has 2 rings (SSSR count). The lowest BCUT2D eigenvalue weighted by molar-refractivity contribution is -0.151. The number of piperazine rings is 1. The van der Waals surface area contributed by atoms with Crippen LogP contribution < -0.4 is 5.32 Å². The van der Waals surface area contributed by atoms with E-state index in [-0.39, 0.29) is 30.0 Å². The Labute approximate surface area is 121 Å². The average molecular weight is 282 g/mol. The summed E-state index contributed by atoms with van der Waals surface area (Å²) in [6.45, 7) is 7.41. The van der Waals surface area contributed by atoms with E-state index in [2.05, 4.69) is 19.2 Å². The van der Waals surface area contributed by atoms with Crippen LogP contribution in [-0.4, -0.2) is 48.1 Å². The van der Waals surface area contributed by atoms with E-state index in [4.69, 9.17) is 4.74 Å². The lowest BCUT2D eigenvalue weighted by Crippen LogP contribution is -2.64. The highest BCUT2D eigenvalue weighted by atomic mass is 16.5. The molecule has 0 spiro atoms. The quantitative estimate of drug-likeness (QED) is 0.827. The summed E-state index contributed by atoms with van der Waals surface area (Å²) in [4.78, 5) is 26.6. The third kappa shape index (κ3) is 3.32. The number of hydrogen-bond acceptors (Lipinski definition) is 3. The van der Waals surface area contributed by atoms with Crippen molar-refractivity contribution in [1.29, 1.82) is 0 Å². The molecule has 0 aromatic heterocycles. The first-order valence-corrected chi connectivity index (χ1v) is 7.75. The molecule has 0 aliphatic carbocycles. The van der Waals surface area contributed by atoms with Crippen molar-refractivity contribution < 1.29 is 14.3 Å². The first kappa shape index (κ1) is 15.3. The lowest BCUT2D eigenvalue weighted by atomic mass is 9.96. The molecule has 5 nitrogen and oxygen atoms in total. The van der Waals surface area contributed by atoms with Gasteiger partial charge >= 0.3 is 0 Å². The van der Waals surface area contributed by atoms with Gasteiger partial charge in [-0.05, 0) is 31.6 Å². The lowest BCUT2D eigenvalue weighted by Gasteiger charge is -2.40. The summed E-state index contributed by atoms with van der Waals surface area (Å²) in [6, 6.07) is -0.707. The molecule has 2 heterocycles. The minimum absolute atomic E-state index is 0.0110. The Balaban J connectivity index is 2.12. The van der Waals surface area contributed by atoms with Gasteiger partial charge in [0, 0.05) is 13.2 Å². The second-order valence-electron chi connectivity index (χ2n) is 6.24. The fourth-order valence-corrected chi connectivity index (χ4v) is 3.01. The minimum atomic E-state index is -0.368. The van der Waals surface area contributed by atoms with Gasteiger partial charge < -0.3 is 15.0 Å². The molecule has 5 heteroatoms. The van der Waals surface area contributed by atoms with Gasteiger partial charge in [-0.2, -0.15) is 0 Å². The molecular formula is C15H26N2O3. The highest BCUT2D eigenvalue weighted by Crippen LogP contribution is 2.22. The molecular weight excluding hydrogens is 256 g/mol. The van der Waals surface area contributed by atoms with E-state index in [0.717, 1.165) is 19.4 Å². The molecule has 114 valence electrons. The normalized spacial score (nSPS) is 31.0. The molecule has 2 saturated heterocycles. The number of hydrogen-bond donors (Lipinski definition) is 1. The van der Waals surface area contributed by atoms with Crippen LogP contribution in [0, 0.1) is 5.92 Å². The molecule has 2 aliphatic heterocycles. The van der Waals surface area contributed by atoms with E-state index in [1.165, 1.54) is 0 Å². The van der Waals surface area contributed by atoms with Gasteiger partial charge in [0.2, 0.25) is 11.8 Å². The summed E-state index contributed by atoms with van der Waals surface area (Å²) < 4.78 is 5.64. The van der Waals surface area contributed by atoms with Crippen LogP contribution in [0.1, 0.15) is 46.5 Å². The van der Waals surface area contributed by atoms with E-state index in [1.54, 1.807) is 4.90 Å². The van der Waals surface area contributed by atoms with Crippen molar-refractivity contribution in [3.63, 3.8) is 0 Å². The van der Waals surface area contributed by atoms with Crippen LogP contribution in [0.5, 0.6) is 0 Å². The summed E-state index contributed by atoms with van der Waals surface area (Å²) in [6.07, 6.45) is 3.47. The van der Waals surface area contributed by atoms with Crippen molar-refractivity contribution in [2.45, 2.75) is 64.6 Å². The fraction of sp³-hybridized carbons (Fsp3) is 0.867. The van der Waals surface area contributed by atoms with Gasteiger partial charge in [-0.15, -0.1) is 0 Å². The molecule has 0 radical (unpaired) electrons. The van der Waals surface area contributed by atoms with E-state index in [9.17, 15) is 9.59 Å². The third-order valence-corrected chi connectivity index (χ3v) is 4.10. The molecule has 2 amide bonds. The summed E-state index contributed by atoms with van der Waals surface area (Å²) in [5.74, 6) is 0.417. The van der Waals surface area contributed by atoms with Crippen LogP contribution >= 0.6 is 0 Å². The van der Waals surface area contributed by atoms with Crippen LogP contribution in [-0.2, 0) is 14.3 Å². The zero-order chi connectivity index (χ0) is 14.7. The topological polar surface area (TPSA) is 58.6 Å². The van der Waals surface area contributed by atoms with Crippen molar-refractivity contribution in [1.82, 2.24) is 10.2 Å². The Morgan fingerprint density at radius 2 is 2.15 bits per heavy atom. The Morgan fingerprint density at radius 1 is 1.40 bits per heavy atom. The smallest absolute Gasteiger partial charge is 0.245 e. The van der Waals surface area contributed by atoms with Crippen molar-refractivity contribution in [3.05, 3.63) is 0 Å². The Kier molecular flexibility index (Phi) is 5.02. The van der Waals surface area contributed by atoms with E-state index in [0.29, 0.717) is 25.3 Å². The van der Waals surface area contributed by atoms with Gasteiger partial charge in [0.25, 0.3) is 0 Å². The Morgan fingerprint density at radius 3 is 2.70 bits per heavy atom. The zero-order valence-corrected chi connectivity index (χ0v) is 12.7. The Bertz CT molecular complexity index is 364. The first-order valence-electron chi connectivity index (χ1n) is 7.75. The van der Waals surface area contributed by atoms with Gasteiger partial charge in [-0.1, -0.05) is 20.8 Å². The molecule has 2 aliphatic rings. The van der Waals surface area contributed by atoms with Crippen LogP contribution in [0.2, 0.25) is 0 Å². The maximum Gasteiger partial charge on any atom is 0.245 e. The predicted octanol–water partition coefficient (Wildman–Crippen LogP) is 1.32. The highest BCUT2D eigenvalue weighted by molar-refractivity contribution is 5.96. The molecule has 3 atom stereocenters. The number of carbonyl (C=O) groups is 2. The summed E-state index contributed by atoms with van der Waals surface area (Å²) >= 11 is 0. The van der Waals surface area contributed by atoms with Crippen molar-refractivity contribution in [3.8, 4) is 0 Å². The van der Waals surface area contributed by atoms with Crippen LogP contribution in [0.15, 0.2) is 0 Å². The molecule has 1 N–H and O–H groups in total. The molecule has 0 saturated carbocycles. The molecule has 0 bridgehead atoms. The number of rotatable bonds is 5. The molecule has 3 unspecified atom stereocenters. The molecule has 0 aromatic rings. The molecule has 20 heavy (non-hydrogen) atoms. The summed E-state index contributed by atoms with van der Waals surface area (Å²) in [5.41, 5.74) is 0. The second-order valence-corrected chi connectivity index (χ2v) is 6.24. The van der Waals surface area contributed by atoms with Gasteiger partial charge in [-0.25, -0.2) is 0 Å². The van der Waals surface area contributed by atoms with E-state index < -0.39 is 0 Å². The van der Waals surface area contributed by atoms with Gasteiger partial charge in [0.1, 0.15) is 12.1 Å².